The van der Waals surface area contributed by atoms with Gasteiger partial charge in [-0.1, -0.05) is 29.8 Å². The minimum atomic E-state index is -4.68. The van der Waals surface area contributed by atoms with Crippen molar-refractivity contribution in [2.75, 3.05) is 10.6 Å². The monoisotopic (exact) mass is 450 g/mol. The Hall–Kier alpha value is -3.33. The van der Waals surface area contributed by atoms with Gasteiger partial charge in [-0.25, -0.2) is 0 Å². The molecule has 162 valence electrons. The maximum Gasteiger partial charge on any atom is 0.416 e. The van der Waals surface area contributed by atoms with Crippen LogP contribution in [-0.2, 0) is 24.4 Å². The summed E-state index contributed by atoms with van der Waals surface area (Å²) in [6.45, 7) is 1.74. The van der Waals surface area contributed by atoms with Gasteiger partial charge in [0, 0.05) is 29.1 Å². The third kappa shape index (κ3) is 5.64. The molecular weight excluding hydrogens is 433 g/mol. The van der Waals surface area contributed by atoms with Crippen LogP contribution in [0.3, 0.4) is 0 Å². The van der Waals surface area contributed by atoms with E-state index < -0.39 is 23.6 Å². The second-order valence-corrected chi connectivity index (χ2v) is 7.27. The summed E-state index contributed by atoms with van der Waals surface area (Å²) >= 11 is 6.03. The fourth-order valence-electron chi connectivity index (χ4n) is 2.82. The first-order valence-electron chi connectivity index (χ1n) is 9.10. The normalized spacial score (nSPS) is 11.3. The molecule has 0 aliphatic carbocycles. The first-order chi connectivity index (χ1) is 14.5. The highest BCUT2D eigenvalue weighted by Gasteiger charge is 2.31. The van der Waals surface area contributed by atoms with Gasteiger partial charge < -0.3 is 10.6 Å². The minimum Gasteiger partial charge on any atom is -0.326 e. The number of nitrogens with zero attached hydrogens (tertiary/aromatic N) is 2. The highest BCUT2D eigenvalue weighted by Crippen LogP contribution is 2.33. The van der Waals surface area contributed by atoms with Crippen LogP contribution in [0.1, 0.15) is 27.3 Å². The largest absolute Gasteiger partial charge is 0.416 e. The Morgan fingerprint density at radius 1 is 1.06 bits per heavy atom. The van der Waals surface area contributed by atoms with Crippen molar-refractivity contribution in [2.24, 2.45) is 7.05 Å². The van der Waals surface area contributed by atoms with Gasteiger partial charge in [0.05, 0.1) is 12.0 Å². The van der Waals surface area contributed by atoms with E-state index in [2.05, 4.69) is 15.7 Å². The molecule has 0 fully saturated rings. The van der Waals surface area contributed by atoms with E-state index >= 15 is 0 Å². The van der Waals surface area contributed by atoms with E-state index in [0.29, 0.717) is 16.3 Å². The fraction of sp³-hybridized carbons (Fsp3) is 0.190. The van der Waals surface area contributed by atoms with Crippen LogP contribution in [0.5, 0.6) is 0 Å². The Morgan fingerprint density at radius 3 is 2.29 bits per heavy atom. The number of benzene rings is 2. The number of alkyl halides is 3. The lowest BCUT2D eigenvalue weighted by molar-refractivity contribution is -0.137. The molecule has 10 heteroatoms. The van der Waals surface area contributed by atoms with E-state index in [-0.39, 0.29) is 23.5 Å². The molecule has 31 heavy (non-hydrogen) atoms. The molecule has 3 rings (SSSR count). The molecule has 0 radical (unpaired) electrons. The highest BCUT2D eigenvalue weighted by molar-refractivity contribution is 6.31. The number of amides is 2. The van der Waals surface area contributed by atoms with E-state index in [9.17, 15) is 22.8 Å². The average Bonchev–Trinajstić information content (AvgIpc) is 3.01. The molecule has 0 aliphatic heterocycles. The van der Waals surface area contributed by atoms with Gasteiger partial charge in [0.2, 0.25) is 5.91 Å². The van der Waals surface area contributed by atoms with Crippen molar-refractivity contribution in [2.45, 2.75) is 19.5 Å². The Labute approximate surface area is 181 Å². The van der Waals surface area contributed by atoms with Gasteiger partial charge in [-0.2, -0.15) is 18.3 Å². The summed E-state index contributed by atoms with van der Waals surface area (Å²) in [5, 5.41) is 9.20. The molecule has 6 nitrogen and oxygen atoms in total. The predicted octanol–water partition coefficient (Wildman–Crippen LogP) is 4.83. The van der Waals surface area contributed by atoms with Gasteiger partial charge in [0.15, 0.2) is 5.69 Å². The number of nitrogens with one attached hydrogen (secondary N) is 2. The van der Waals surface area contributed by atoms with Crippen molar-refractivity contribution < 1.29 is 22.8 Å². The number of carbonyl (C=O) groups is 2. The Morgan fingerprint density at radius 2 is 1.71 bits per heavy atom. The summed E-state index contributed by atoms with van der Waals surface area (Å²) in [6, 6.07) is 11.0. The van der Waals surface area contributed by atoms with E-state index in [1.165, 1.54) is 16.8 Å². The molecule has 1 aromatic heterocycles. The molecule has 0 spiro atoms. The molecule has 0 bridgehead atoms. The molecule has 3 aromatic rings. The van der Waals surface area contributed by atoms with Gasteiger partial charge >= 0.3 is 6.18 Å². The van der Waals surface area contributed by atoms with Gasteiger partial charge in [-0.15, -0.1) is 0 Å². The predicted molar refractivity (Wildman–Crippen MR) is 111 cm³/mol. The number of hydrogen-bond acceptors (Lipinski definition) is 3. The maximum absolute atomic E-state index is 13.3. The molecule has 0 unspecified atom stereocenters. The maximum atomic E-state index is 13.3. The van der Waals surface area contributed by atoms with Gasteiger partial charge in [0.25, 0.3) is 5.91 Å². The van der Waals surface area contributed by atoms with E-state index in [4.69, 9.17) is 11.6 Å². The Kier molecular flexibility index (Phi) is 6.35. The van der Waals surface area contributed by atoms with Crippen molar-refractivity contribution in [1.29, 1.82) is 0 Å². The van der Waals surface area contributed by atoms with E-state index in [1.807, 2.05) is 0 Å². The number of anilines is 2. The molecule has 2 aromatic carbocycles. The first kappa shape index (κ1) is 22.4. The van der Waals surface area contributed by atoms with Crippen LogP contribution in [0.4, 0.5) is 24.5 Å². The van der Waals surface area contributed by atoms with E-state index in [0.717, 1.165) is 12.1 Å². The minimum absolute atomic E-state index is 0.0571. The average molecular weight is 451 g/mol. The van der Waals surface area contributed by atoms with Gasteiger partial charge in [-0.3, -0.25) is 14.3 Å². The Bertz CT molecular complexity index is 1120. The lowest BCUT2D eigenvalue weighted by atomic mass is 10.1. The smallest absolute Gasteiger partial charge is 0.326 e. The summed E-state index contributed by atoms with van der Waals surface area (Å²) in [4.78, 5) is 24.7. The van der Waals surface area contributed by atoms with Crippen molar-refractivity contribution in [3.63, 3.8) is 0 Å². The van der Waals surface area contributed by atoms with Crippen molar-refractivity contribution >= 4 is 34.8 Å². The van der Waals surface area contributed by atoms with Crippen LogP contribution < -0.4 is 10.6 Å². The summed E-state index contributed by atoms with van der Waals surface area (Å²) in [6.07, 6.45) is -4.80. The molecule has 2 N–H and O–H groups in total. The summed E-state index contributed by atoms with van der Waals surface area (Å²) in [5.74, 6) is -1.22. The zero-order valence-corrected chi connectivity index (χ0v) is 17.3. The first-order valence-corrected chi connectivity index (χ1v) is 9.48. The quantitative estimate of drug-likeness (QED) is 0.584. The SMILES string of the molecule is Cc1cc(C(=O)Nc2cc(NC(=O)Cc3ccccc3Cl)cc(C(F)(F)F)c2)nn1C. The third-order valence-corrected chi connectivity index (χ3v) is 4.83. The van der Waals surface area contributed by atoms with Crippen LogP contribution in [0.25, 0.3) is 0 Å². The fourth-order valence-corrected chi connectivity index (χ4v) is 3.02. The third-order valence-electron chi connectivity index (χ3n) is 4.46. The second kappa shape index (κ2) is 8.81. The van der Waals surface area contributed by atoms with Crippen LogP contribution >= 0.6 is 11.6 Å². The molecule has 2 amide bonds. The number of hydrogen-bond donors (Lipinski definition) is 2. The molecule has 0 atom stereocenters. The standard InChI is InChI=1S/C21H18ClF3N4O2/c1-12-7-18(28-29(12)2)20(31)27-16-10-14(21(23,24)25)9-15(11-16)26-19(30)8-13-5-3-4-6-17(13)22/h3-7,9-11H,8H2,1-2H3,(H,26,30)(H,27,31). The lowest BCUT2D eigenvalue weighted by Gasteiger charge is -2.14. The number of aromatic nitrogens is 2. The van der Waals surface area contributed by atoms with Crippen molar-refractivity contribution in [3.8, 4) is 0 Å². The number of rotatable bonds is 5. The summed E-state index contributed by atoms with van der Waals surface area (Å²) < 4.78 is 41.5. The van der Waals surface area contributed by atoms with E-state index in [1.54, 1.807) is 38.2 Å². The molecule has 0 saturated heterocycles. The Balaban J connectivity index is 1.84. The number of halogens is 4. The van der Waals surface area contributed by atoms with Crippen molar-refractivity contribution in [3.05, 3.63) is 76.1 Å². The van der Waals surface area contributed by atoms with Crippen molar-refractivity contribution in [1.82, 2.24) is 9.78 Å². The van der Waals surface area contributed by atoms with Gasteiger partial charge in [0.1, 0.15) is 0 Å². The zero-order valence-electron chi connectivity index (χ0n) is 16.5. The zero-order chi connectivity index (χ0) is 22.8. The number of carbonyl (C=O) groups excluding carboxylic acids is 2. The summed E-state index contributed by atoms with van der Waals surface area (Å²) in [5.41, 5.74) is 0.0437. The van der Waals surface area contributed by atoms with Crippen LogP contribution in [0.15, 0.2) is 48.5 Å². The molecule has 1 heterocycles. The number of aryl methyl sites for hydroxylation is 2. The molecular formula is C21H18ClF3N4O2. The van der Waals surface area contributed by atoms with Crippen LogP contribution in [0, 0.1) is 6.92 Å². The van der Waals surface area contributed by atoms with Gasteiger partial charge in [-0.05, 0) is 42.8 Å². The molecule has 0 saturated carbocycles. The summed E-state index contributed by atoms with van der Waals surface area (Å²) in [7, 11) is 1.64. The molecule has 0 aliphatic rings. The van der Waals surface area contributed by atoms with Crippen LogP contribution in [-0.4, -0.2) is 21.6 Å². The second-order valence-electron chi connectivity index (χ2n) is 6.86. The lowest BCUT2D eigenvalue weighted by Crippen LogP contribution is -2.17. The van der Waals surface area contributed by atoms with Crippen LogP contribution in [0.2, 0.25) is 5.02 Å². The highest BCUT2D eigenvalue weighted by atomic mass is 35.5. The topological polar surface area (TPSA) is 76.0 Å².